The molecule has 24 heavy (non-hydrogen) atoms. The van der Waals surface area contributed by atoms with Crippen LogP contribution in [0, 0.1) is 0 Å². The number of pyridine rings is 1. The van der Waals surface area contributed by atoms with E-state index in [1.807, 2.05) is 30.3 Å². The number of benzene rings is 1. The molecule has 0 aliphatic heterocycles. The van der Waals surface area contributed by atoms with Crippen molar-refractivity contribution in [3.63, 3.8) is 0 Å². The molecule has 0 unspecified atom stereocenters. The van der Waals surface area contributed by atoms with Crippen LogP contribution in [0.25, 0.3) is 11.0 Å². The first-order valence-corrected chi connectivity index (χ1v) is 9.17. The van der Waals surface area contributed by atoms with Crippen LogP contribution < -0.4 is 5.32 Å². The minimum atomic E-state index is -3.56. The van der Waals surface area contributed by atoms with Gasteiger partial charge in [0, 0.05) is 6.20 Å². The van der Waals surface area contributed by atoms with Crippen molar-refractivity contribution in [2.45, 2.75) is 30.7 Å². The van der Waals surface area contributed by atoms with E-state index in [9.17, 15) is 8.42 Å². The Bertz CT molecular complexity index is 957. The second-order valence-electron chi connectivity index (χ2n) is 5.63. The predicted molar refractivity (Wildman–Crippen MR) is 93.4 cm³/mol. The molecule has 2 aromatic heterocycles. The summed E-state index contributed by atoms with van der Waals surface area (Å²) in [5.41, 5.74) is 1.99. The maximum Gasteiger partial charge on any atom is 0.201 e. The van der Waals surface area contributed by atoms with Gasteiger partial charge in [0.05, 0.1) is 28.5 Å². The van der Waals surface area contributed by atoms with E-state index in [4.69, 9.17) is 0 Å². The van der Waals surface area contributed by atoms with Crippen molar-refractivity contribution in [3.8, 4) is 0 Å². The summed E-state index contributed by atoms with van der Waals surface area (Å²) in [6.45, 7) is 3.64. The smallest absolute Gasteiger partial charge is 0.201 e. The van der Waals surface area contributed by atoms with Gasteiger partial charge in [-0.15, -0.1) is 0 Å². The van der Waals surface area contributed by atoms with E-state index < -0.39 is 15.1 Å². The van der Waals surface area contributed by atoms with Gasteiger partial charge in [0.25, 0.3) is 0 Å². The lowest BCUT2D eigenvalue weighted by Gasteiger charge is -2.13. The minimum absolute atomic E-state index is 0.0212. The second-order valence-corrected chi connectivity index (χ2v) is 8.05. The number of hydrogen-bond donors (Lipinski definition) is 1. The number of nitrogens with zero attached hydrogens (tertiary/aromatic N) is 3. The number of aromatic nitrogens is 3. The fourth-order valence-electron chi connectivity index (χ4n) is 2.20. The Kier molecular flexibility index (Phi) is 4.44. The molecule has 0 bridgehead atoms. The SMILES string of the molecule is CC(C)S(=O)(=O)c1nc2ccccc2nc1NCc1ccccn1. The van der Waals surface area contributed by atoms with Gasteiger partial charge < -0.3 is 5.32 Å². The maximum atomic E-state index is 12.6. The molecule has 0 amide bonds. The molecular formula is C17H18N4O2S. The Morgan fingerprint density at radius 1 is 1.00 bits per heavy atom. The number of fused-ring (bicyclic) bond motifs is 1. The molecule has 124 valence electrons. The monoisotopic (exact) mass is 342 g/mol. The Morgan fingerprint density at radius 2 is 1.67 bits per heavy atom. The summed E-state index contributed by atoms with van der Waals surface area (Å²) in [5.74, 6) is 0.257. The van der Waals surface area contributed by atoms with Crippen LogP contribution in [0.15, 0.2) is 53.7 Å². The lowest BCUT2D eigenvalue weighted by molar-refractivity contribution is 0.584. The lowest BCUT2D eigenvalue weighted by atomic mass is 10.3. The first-order chi connectivity index (χ1) is 11.5. The number of para-hydroxylation sites is 2. The van der Waals surface area contributed by atoms with E-state index in [1.165, 1.54) is 0 Å². The highest BCUT2D eigenvalue weighted by atomic mass is 32.2. The second kappa shape index (κ2) is 6.52. The number of nitrogens with one attached hydrogen (secondary N) is 1. The quantitative estimate of drug-likeness (QED) is 0.767. The van der Waals surface area contributed by atoms with Crippen molar-refractivity contribution in [2.75, 3.05) is 5.32 Å². The Balaban J connectivity index is 2.06. The lowest BCUT2D eigenvalue weighted by Crippen LogP contribution is -2.19. The van der Waals surface area contributed by atoms with Crippen molar-refractivity contribution in [1.29, 1.82) is 0 Å². The topological polar surface area (TPSA) is 84.8 Å². The molecule has 7 heteroatoms. The van der Waals surface area contributed by atoms with Crippen LogP contribution in [0.1, 0.15) is 19.5 Å². The molecule has 2 heterocycles. The van der Waals surface area contributed by atoms with E-state index >= 15 is 0 Å². The first-order valence-electron chi connectivity index (χ1n) is 7.63. The maximum absolute atomic E-state index is 12.6. The Labute approximate surface area is 140 Å². The summed E-state index contributed by atoms with van der Waals surface area (Å²) in [6, 6.07) is 12.8. The van der Waals surface area contributed by atoms with E-state index in [1.54, 1.807) is 32.2 Å². The molecule has 0 aliphatic rings. The highest BCUT2D eigenvalue weighted by Gasteiger charge is 2.26. The van der Waals surface area contributed by atoms with Gasteiger partial charge in [0.2, 0.25) is 9.84 Å². The van der Waals surface area contributed by atoms with Crippen LogP contribution in [-0.4, -0.2) is 28.6 Å². The third-order valence-corrected chi connectivity index (χ3v) is 5.66. The summed E-state index contributed by atoms with van der Waals surface area (Å²) >= 11 is 0. The van der Waals surface area contributed by atoms with Crippen LogP contribution in [0.2, 0.25) is 0 Å². The Hall–Kier alpha value is -2.54. The molecule has 0 atom stereocenters. The third kappa shape index (κ3) is 3.21. The van der Waals surface area contributed by atoms with Crippen molar-refractivity contribution in [1.82, 2.24) is 15.0 Å². The van der Waals surface area contributed by atoms with Gasteiger partial charge in [-0.25, -0.2) is 18.4 Å². The molecule has 3 aromatic rings. The van der Waals surface area contributed by atoms with Crippen LogP contribution in [0.4, 0.5) is 5.82 Å². The standard InChI is InChI=1S/C17H18N4O2S/c1-12(2)24(22,23)17-16(19-11-13-7-5-6-10-18-13)20-14-8-3-4-9-15(14)21-17/h3-10,12H,11H2,1-2H3,(H,19,20). The van der Waals surface area contributed by atoms with Gasteiger partial charge in [-0.1, -0.05) is 18.2 Å². The van der Waals surface area contributed by atoms with Crippen LogP contribution in [-0.2, 0) is 16.4 Å². The fourth-order valence-corrected chi connectivity index (χ4v) is 3.26. The molecule has 1 aromatic carbocycles. The van der Waals surface area contributed by atoms with Crippen LogP contribution in [0.5, 0.6) is 0 Å². The average Bonchev–Trinajstić information content (AvgIpc) is 2.60. The molecule has 3 rings (SSSR count). The third-order valence-electron chi connectivity index (χ3n) is 3.59. The van der Waals surface area contributed by atoms with Crippen molar-refractivity contribution < 1.29 is 8.42 Å². The number of anilines is 1. The molecule has 0 saturated carbocycles. The van der Waals surface area contributed by atoms with Gasteiger partial charge in [-0.3, -0.25) is 4.98 Å². The number of hydrogen-bond acceptors (Lipinski definition) is 6. The summed E-state index contributed by atoms with van der Waals surface area (Å²) in [7, 11) is -3.56. The summed E-state index contributed by atoms with van der Waals surface area (Å²) in [4.78, 5) is 13.0. The highest BCUT2D eigenvalue weighted by molar-refractivity contribution is 7.92. The highest BCUT2D eigenvalue weighted by Crippen LogP contribution is 2.24. The zero-order valence-corrected chi connectivity index (χ0v) is 14.3. The molecule has 0 spiro atoms. The van der Waals surface area contributed by atoms with E-state index in [0.717, 1.165) is 5.69 Å². The van der Waals surface area contributed by atoms with Crippen molar-refractivity contribution in [2.24, 2.45) is 0 Å². The summed E-state index contributed by atoms with van der Waals surface area (Å²) in [5, 5.41) is 2.47. The van der Waals surface area contributed by atoms with Gasteiger partial charge in [-0.2, -0.15) is 0 Å². The van der Waals surface area contributed by atoms with Gasteiger partial charge >= 0.3 is 0 Å². The summed E-state index contributed by atoms with van der Waals surface area (Å²) in [6.07, 6.45) is 1.69. The van der Waals surface area contributed by atoms with E-state index in [-0.39, 0.29) is 10.8 Å². The molecule has 0 saturated heterocycles. The molecule has 0 fully saturated rings. The van der Waals surface area contributed by atoms with E-state index in [2.05, 4.69) is 20.3 Å². The van der Waals surface area contributed by atoms with Gasteiger partial charge in [0.1, 0.15) is 0 Å². The first kappa shape index (κ1) is 16.3. The minimum Gasteiger partial charge on any atom is -0.362 e. The fraction of sp³-hybridized carbons (Fsp3) is 0.235. The van der Waals surface area contributed by atoms with Gasteiger partial charge in [0.15, 0.2) is 10.8 Å². The van der Waals surface area contributed by atoms with Gasteiger partial charge in [-0.05, 0) is 38.1 Å². The molecule has 6 nitrogen and oxygen atoms in total. The molecule has 1 N–H and O–H groups in total. The molecular weight excluding hydrogens is 324 g/mol. The summed E-state index contributed by atoms with van der Waals surface area (Å²) < 4.78 is 25.3. The zero-order valence-electron chi connectivity index (χ0n) is 13.5. The van der Waals surface area contributed by atoms with E-state index in [0.29, 0.717) is 17.6 Å². The van der Waals surface area contributed by atoms with Crippen LogP contribution in [0.3, 0.4) is 0 Å². The number of rotatable bonds is 5. The average molecular weight is 342 g/mol. The normalized spacial score (nSPS) is 11.8. The Morgan fingerprint density at radius 3 is 2.29 bits per heavy atom. The molecule has 0 radical (unpaired) electrons. The van der Waals surface area contributed by atoms with Crippen molar-refractivity contribution >= 4 is 26.7 Å². The number of sulfone groups is 1. The largest absolute Gasteiger partial charge is 0.362 e. The van der Waals surface area contributed by atoms with Crippen LogP contribution >= 0.6 is 0 Å². The zero-order chi connectivity index (χ0) is 17.2. The van der Waals surface area contributed by atoms with Crippen molar-refractivity contribution in [3.05, 3.63) is 54.4 Å². The molecule has 0 aliphatic carbocycles. The predicted octanol–water partition coefficient (Wildman–Crippen LogP) is 2.82.